The number of methoxy groups -OCH3 is 1. The predicted octanol–water partition coefficient (Wildman–Crippen LogP) is 3.42. The van der Waals surface area contributed by atoms with Crippen molar-refractivity contribution in [3.05, 3.63) is 16.1 Å². The van der Waals surface area contributed by atoms with Gasteiger partial charge in [-0.3, -0.25) is 4.99 Å². The first-order chi connectivity index (χ1) is 11.4. The minimum absolute atomic E-state index is 0. The highest BCUT2D eigenvalue weighted by atomic mass is 127. The largest absolute Gasteiger partial charge is 0.388 e. The first-order valence-corrected chi connectivity index (χ1v) is 9.45. The van der Waals surface area contributed by atoms with Crippen LogP contribution in [0, 0.1) is 0 Å². The Labute approximate surface area is 173 Å². The van der Waals surface area contributed by atoms with E-state index in [1.54, 1.807) is 18.4 Å². The van der Waals surface area contributed by atoms with E-state index in [4.69, 9.17) is 4.74 Å². The van der Waals surface area contributed by atoms with E-state index < -0.39 is 5.60 Å². The summed E-state index contributed by atoms with van der Waals surface area (Å²) < 4.78 is 5.31. The Balaban J connectivity index is 0.00000576. The van der Waals surface area contributed by atoms with Gasteiger partial charge in [-0.15, -0.1) is 35.3 Å². The molecule has 0 saturated heterocycles. The van der Waals surface area contributed by atoms with Gasteiger partial charge in [0.05, 0.1) is 24.4 Å². The molecule has 0 radical (unpaired) electrons. The summed E-state index contributed by atoms with van der Waals surface area (Å²) in [7, 11) is 3.67. The lowest BCUT2D eigenvalue weighted by molar-refractivity contribution is 0.0416. The molecule has 0 saturated carbocycles. The molecule has 2 N–H and O–H groups in total. The van der Waals surface area contributed by atoms with Crippen LogP contribution in [0.5, 0.6) is 0 Å². The molecule has 1 unspecified atom stereocenters. The third kappa shape index (κ3) is 7.76. The maximum absolute atomic E-state index is 10.4. The molecule has 1 atom stereocenters. The van der Waals surface area contributed by atoms with Gasteiger partial charge in [0, 0.05) is 26.1 Å². The highest BCUT2D eigenvalue weighted by molar-refractivity contribution is 14.0. The molecule has 25 heavy (non-hydrogen) atoms. The summed E-state index contributed by atoms with van der Waals surface area (Å²) in [6, 6.07) is 0. The summed E-state index contributed by atoms with van der Waals surface area (Å²) in [5.74, 6) is 0.784. The lowest BCUT2D eigenvalue weighted by atomic mass is 9.98. The maximum Gasteiger partial charge on any atom is 0.194 e. The van der Waals surface area contributed by atoms with E-state index in [2.05, 4.69) is 20.7 Å². The van der Waals surface area contributed by atoms with Crippen LogP contribution in [0.15, 0.2) is 10.4 Å². The van der Waals surface area contributed by atoms with Crippen LogP contribution in [0.2, 0.25) is 0 Å². The van der Waals surface area contributed by atoms with Crippen molar-refractivity contribution in [1.82, 2.24) is 15.2 Å². The summed E-state index contributed by atoms with van der Waals surface area (Å²) in [5, 5.41) is 16.7. The van der Waals surface area contributed by atoms with Crippen LogP contribution in [0.4, 0.5) is 0 Å². The molecule has 1 rings (SSSR count). The van der Waals surface area contributed by atoms with Crippen molar-refractivity contribution in [3.63, 3.8) is 0 Å². The molecule has 0 amide bonds. The van der Waals surface area contributed by atoms with Crippen LogP contribution in [-0.2, 0) is 11.3 Å². The fourth-order valence-corrected chi connectivity index (χ4v) is 3.01. The molecule has 8 heteroatoms. The van der Waals surface area contributed by atoms with Crippen molar-refractivity contribution in [2.45, 2.75) is 58.8 Å². The molecule has 1 aromatic rings. The first-order valence-electron chi connectivity index (χ1n) is 8.58. The van der Waals surface area contributed by atoms with Gasteiger partial charge in [0.2, 0.25) is 0 Å². The van der Waals surface area contributed by atoms with Crippen molar-refractivity contribution in [1.29, 1.82) is 0 Å². The molecule has 0 fully saturated rings. The van der Waals surface area contributed by atoms with Gasteiger partial charge in [0.1, 0.15) is 11.1 Å². The predicted molar refractivity (Wildman–Crippen MR) is 116 cm³/mol. The van der Waals surface area contributed by atoms with E-state index in [1.807, 2.05) is 39.6 Å². The average molecular weight is 484 g/mol. The zero-order chi connectivity index (χ0) is 18.2. The standard InChI is InChI=1S/C17H32N4O2S.HI/c1-7-17(22,8-2)12-19-16(18-9-3)21(5)10-14-11-24-15(20-14)13(4)23-6;/h11,13,22H,7-10,12H2,1-6H3,(H,18,19);1H. The molecule has 6 nitrogen and oxygen atoms in total. The van der Waals surface area contributed by atoms with Crippen LogP contribution >= 0.6 is 35.3 Å². The molecule has 1 heterocycles. The average Bonchev–Trinajstić information content (AvgIpc) is 3.05. The molecule has 0 aromatic carbocycles. The number of aliphatic imine (C=N–C) groups is 1. The van der Waals surface area contributed by atoms with Gasteiger partial charge < -0.3 is 20.1 Å². The Kier molecular flexibility index (Phi) is 11.8. The van der Waals surface area contributed by atoms with Gasteiger partial charge in [-0.25, -0.2) is 4.98 Å². The van der Waals surface area contributed by atoms with Crippen molar-refractivity contribution >= 4 is 41.3 Å². The molecule has 0 bridgehead atoms. The topological polar surface area (TPSA) is 70.0 Å². The number of guanidine groups is 1. The molecule has 146 valence electrons. The minimum Gasteiger partial charge on any atom is -0.388 e. The van der Waals surface area contributed by atoms with Crippen LogP contribution in [-0.4, -0.2) is 53.8 Å². The Morgan fingerprint density at radius 1 is 1.44 bits per heavy atom. The molecule has 0 spiro atoms. The van der Waals surface area contributed by atoms with Gasteiger partial charge in [-0.2, -0.15) is 0 Å². The van der Waals surface area contributed by atoms with E-state index in [0.29, 0.717) is 25.9 Å². The van der Waals surface area contributed by atoms with Crippen molar-refractivity contribution in [3.8, 4) is 0 Å². The number of thiazole rings is 1. The Morgan fingerprint density at radius 3 is 2.60 bits per heavy atom. The van der Waals surface area contributed by atoms with Gasteiger partial charge in [-0.05, 0) is 26.7 Å². The maximum atomic E-state index is 10.4. The number of aliphatic hydroxyl groups is 1. The van der Waals surface area contributed by atoms with Gasteiger partial charge in [0.25, 0.3) is 0 Å². The van der Waals surface area contributed by atoms with Crippen LogP contribution < -0.4 is 5.32 Å². The minimum atomic E-state index is -0.733. The number of hydrogen-bond donors (Lipinski definition) is 2. The third-order valence-corrected chi connectivity index (χ3v) is 5.26. The lowest BCUT2D eigenvalue weighted by Crippen LogP contribution is -2.40. The summed E-state index contributed by atoms with van der Waals surface area (Å²) in [6.45, 7) is 9.85. The van der Waals surface area contributed by atoms with Gasteiger partial charge in [-0.1, -0.05) is 13.8 Å². The molecular weight excluding hydrogens is 451 g/mol. The molecule has 0 aliphatic heterocycles. The van der Waals surface area contributed by atoms with E-state index in [1.165, 1.54) is 0 Å². The summed E-state index contributed by atoms with van der Waals surface area (Å²) >= 11 is 1.61. The zero-order valence-electron chi connectivity index (χ0n) is 16.2. The van der Waals surface area contributed by atoms with Crippen molar-refractivity contribution < 1.29 is 9.84 Å². The van der Waals surface area contributed by atoms with E-state index >= 15 is 0 Å². The number of nitrogens with zero attached hydrogens (tertiary/aromatic N) is 3. The van der Waals surface area contributed by atoms with E-state index in [-0.39, 0.29) is 30.1 Å². The fourth-order valence-electron chi connectivity index (χ4n) is 2.17. The molecule has 0 aliphatic carbocycles. The summed E-state index contributed by atoms with van der Waals surface area (Å²) in [5.41, 5.74) is 0.261. The second-order valence-corrected chi connectivity index (χ2v) is 6.90. The number of rotatable bonds is 9. The Morgan fingerprint density at radius 2 is 2.08 bits per heavy atom. The zero-order valence-corrected chi connectivity index (χ0v) is 19.4. The Hall–Kier alpha value is -0.450. The second-order valence-electron chi connectivity index (χ2n) is 6.01. The number of nitrogens with one attached hydrogen (secondary N) is 1. The normalized spacial score (nSPS) is 13.3. The number of ether oxygens (including phenoxy) is 1. The Bertz CT molecular complexity index is 521. The van der Waals surface area contributed by atoms with Gasteiger partial charge in [0.15, 0.2) is 5.96 Å². The number of hydrogen-bond acceptors (Lipinski definition) is 5. The smallest absolute Gasteiger partial charge is 0.194 e. The van der Waals surface area contributed by atoms with E-state index in [0.717, 1.165) is 23.2 Å². The summed E-state index contributed by atoms with van der Waals surface area (Å²) in [6.07, 6.45) is 1.40. The van der Waals surface area contributed by atoms with Crippen LogP contribution in [0.1, 0.15) is 57.3 Å². The third-order valence-electron chi connectivity index (χ3n) is 4.21. The van der Waals surface area contributed by atoms with Crippen LogP contribution in [0.25, 0.3) is 0 Å². The lowest BCUT2D eigenvalue weighted by Gasteiger charge is -2.26. The molecule has 0 aliphatic rings. The summed E-state index contributed by atoms with van der Waals surface area (Å²) in [4.78, 5) is 11.3. The van der Waals surface area contributed by atoms with E-state index in [9.17, 15) is 5.11 Å². The van der Waals surface area contributed by atoms with Crippen molar-refractivity contribution in [2.24, 2.45) is 4.99 Å². The molecular formula is C17H33IN4O2S. The number of halogens is 1. The quantitative estimate of drug-likeness (QED) is 0.320. The van der Waals surface area contributed by atoms with Crippen LogP contribution in [0.3, 0.4) is 0 Å². The number of aromatic nitrogens is 1. The first kappa shape index (κ1) is 24.6. The van der Waals surface area contributed by atoms with Gasteiger partial charge >= 0.3 is 0 Å². The molecule has 1 aromatic heterocycles. The SMILES string of the molecule is CCNC(=NCC(O)(CC)CC)N(C)Cc1csc(C(C)OC)n1.I. The highest BCUT2D eigenvalue weighted by Gasteiger charge is 2.22. The monoisotopic (exact) mass is 484 g/mol. The fraction of sp³-hybridized carbons (Fsp3) is 0.765. The second kappa shape index (κ2) is 12.0. The van der Waals surface area contributed by atoms with Crippen molar-refractivity contribution in [2.75, 3.05) is 27.2 Å². The highest BCUT2D eigenvalue weighted by Crippen LogP contribution is 2.21.